The summed E-state index contributed by atoms with van der Waals surface area (Å²) in [6, 6.07) is 0.274. The van der Waals surface area contributed by atoms with Gasteiger partial charge in [-0.15, -0.1) is 0 Å². The highest BCUT2D eigenvalue weighted by molar-refractivity contribution is 5.58. The topological polar surface area (TPSA) is 29.5 Å². The summed E-state index contributed by atoms with van der Waals surface area (Å²) in [5.74, 6) is 0.0613. The molecule has 20 heavy (non-hydrogen) atoms. The van der Waals surface area contributed by atoms with Gasteiger partial charge in [-0.3, -0.25) is 4.90 Å². The Morgan fingerprint density at radius 3 is 2.80 bits per heavy atom. The molecule has 0 saturated carbocycles. The van der Waals surface area contributed by atoms with Crippen LogP contribution in [-0.2, 0) is 9.53 Å². The van der Waals surface area contributed by atoms with Crippen molar-refractivity contribution in [3.05, 3.63) is 35.3 Å². The molecule has 3 rings (SSSR count). The molecule has 0 aromatic carbocycles. The van der Waals surface area contributed by atoms with Crippen LogP contribution in [0.2, 0.25) is 0 Å². The normalized spacial score (nSPS) is 25.8. The molecule has 1 aliphatic carbocycles. The van der Waals surface area contributed by atoms with Crippen molar-refractivity contribution >= 4 is 6.29 Å². The summed E-state index contributed by atoms with van der Waals surface area (Å²) >= 11 is 0. The Kier molecular flexibility index (Phi) is 4.06. The van der Waals surface area contributed by atoms with E-state index in [-0.39, 0.29) is 12.0 Å². The van der Waals surface area contributed by atoms with Gasteiger partial charge in [0.15, 0.2) is 0 Å². The van der Waals surface area contributed by atoms with E-state index in [2.05, 4.69) is 17.9 Å². The number of nitrogens with zero attached hydrogens (tertiary/aromatic N) is 1. The molecule has 0 amide bonds. The van der Waals surface area contributed by atoms with Crippen molar-refractivity contribution in [1.29, 1.82) is 0 Å². The summed E-state index contributed by atoms with van der Waals surface area (Å²) in [6.45, 7) is 4.31. The van der Waals surface area contributed by atoms with Gasteiger partial charge in [0.05, 0.1) is 12.5 Å². The molecule has 0 aromatic rings. The van der Waals surface area contributed by atoms with Crippen molar-refractivity contribution in [3.8, 4) is 0 Å². The second-order valence-electron chi connectivity index (χ2n) is 6.06. The highest BCUT2D eigenvalue weighted by Crippen LogP contribution is 2.39. The molecular formula is C17H23NO2. The minimum atomic E-state index is 0.0613. The van der Waals surface area contributed by atoms with Crippen LogP contribution >= 0.6 is 0 Å². The molecule has 2 atom stereocenters. The van der Waals surface area contributed by atoms with Crippen molar-refractivity contribution in [3.63, 3.8) is 0 Å². The number of rotatable bonds is 4. The summed E-state index contributed by atoms with van der Waals surface area (Å²) in [6.07, 6.45) is 12.8. The molecule has 0 radical (unpaired) electrons. The Labute approximate surface area is 121 Å². The molecule has 1 saturated heterocycles. The minimum Gasteiger partial charge on any atom is -0.472 e. The standard InChI is InChI=1S/C17H23NO2/c1-13(11-19)17(18-8-3-2-4-9-18)16-6-5-14-12-20-10-7-15(14)16/h7,10-13,17H,2-6,8-9H2,1H3. The van der Waals surface area contributed by atoms with Gasteiger partial charge < -0.3 is 9.53 Å². The van der Waals surface area contributed by atoms with Gasteiger partial charge in [-0.2, -0.15) is 0 Å². The molecule has 2 unspecified atom stereocenters. The predicted octanol–water partition coefficient (Wildman–Crippen LogP) is 3.19. The average molecular weight is 273 g/mol. The highest BCUT2D eigenvalue weighted by atomic mass is 16.5. The lowest BCUT2D eigenvalue weighted by atomic mass is 9.89. The second kappa shape index (κ2) is 5.96. The molecular weight excluding hydrogens is 250 g/mol. The van der Waals surface area contributed by atoms with Crippen molar-refractivity contribution in [1.82, 2.24) is 4.90 Å². The van der Waals surface area contributed by atoms with Crippen LogP contribution < -0.4 is 0 Å². The van der Waals surface area contributed by atoms with E-state index in [0.29, 0.717) is 0 Å². The molecule has 108 valence electrons. The van der Waals surface area contributed by atoms with Crippen LogP contribution in [0.15, 0.2) is 35.3 Å². The third-order valence-corrected chi connectivity index (χ3v) is 4.73. The first-order valence-corrected chi connectivity index (χ1v) is 7.75. The van der Waals surface area contributed by atoms with E-state index >= 15 is 0 Å². The third-order valence-electron chi connectivity index (χ3n) is 4.73. The third kappa shape index (κ3) is 2.47. The highest BCUT2D eigenvalue weighted by Gasteiger charge is 2.33. The van der Waals surface area contributed by atoms with Crippen molar-refractivity contribution in [2.75, 3.05) is 13.1 Å². The zero-order valence-electron chi connectivity index (χ0n) is 12.2. The molecule has 2 heterocycles. The first-order chi connectivity index (χ1) is 9.81. The largest absolute Gasteiger partial charge is 0.472 e. The Hall–Kier alpha value is -1.35. The van der Waals surface area contributed by atoms with Gasteiger partial charge in [0.1, 0.15) is 6.29 Å². The lowest BCUT2D eigenvalue weighted by molar-refractivity contribution is -0.112. The number of hydrogen-bond donors (Lipinski definition) is 0. The van der Waals surface area contributed by atoms with Gasteiger partial charge in [0, 0.05) is 12.0 Å². The summed E-state index contributed by atoms with van der Waals surface area (Å²) in [4.78, 5) is 13.9. The number of likely N-dealkylation sites (tertiary alicyclic amines) is 1. The van der Waals surface area contributed by atoms with Crippen LogP contribution in [0.4, 0.5) is 0 Å². The van der Waals surface area contributed by atoms with Crippen LogP contribution in [-0.4, -0.2) is 30.3 Å². The molecule has 0 aromatic heterocycles. The Morgan fingerprint density at radius 1 is 1.25 bits per heavy atom. The van der Waals surface area contributed by atoms with Crippen LogP contribution in [0, 0.1) is 5.92 Å². The fourth-order valence-electron chi connectivity index (χ4n) is 3.76. The van der Waals surface area contributed by atoms with Crippen LogP contribution in [0.5, 0.6) is 0 Å². The number of fused-ring (bicyclic) bond motifs is 1. The Bertz CT molecular complexity index is 469. The van der Waals surface area contributed by atoms with E-state index in [4.69, 9.17) is 4.74 Å². The number of carbonyl (C=O) groups excluding carboxylic acids is 1. The number of allylic oxidation sites excluding steroid dienone is 3. The summed E-state index contributed by atoms with van der Waals surface area (Å²) in [7, 11) is 0. The molecule has 0 bridgehead atoms. The number of piperidine rings is 1. The quantitative estimate of drug-likeness (QED) is 0.737. The number of hydrogen-bond acceptors (Lipinski definition) is 3. The first kappa shape index (κ1) is 13.6. The van der Waals surface area contributed by atoms with Crippen molar-refractivity contribution in [2.45, 2.75) is 45.1 Å². The fraction of sp³-hybridized carbons (Fsp3) is 0.588. The van der Waals surface area contributed by atoms with Gasteiger partial charge >= 0.3 is 0 Å². The maximum absolute atomic E-state index is 11.4. The molecule has 0 spiro atoms. The number of ether oxygens (including phenoxy) is 1. The van der Waals surface area contributed by atoms with Crippen LogP contribution in [0.1, 0.15) is 39.0 Å². The maximum atomic E-state index is 11.4. The summed E-state index contributed by atoms with van der Waals surface area (Å²) in [5.41, 5.74) is 4.06. The van der Waals surface area contributed by atoms with E-state index in [1.54, 1.807) is 6.26 Å². The lowest BCUT2D eigenvalue weighted by Gasteiger charge is -2.38. The van der Waals surface area contributed by atoms with Crippen molar-refractivity contribution in [2.24, 2.45) is 5.92 Å². The van der Waals surface area contributed by atoms with E-state index in [0.717, 1.165) is 32.2 Å². The Balaban J connectivity index is 1.92. The zero-order valence-corrected chi connectivity index (χ0v) is 12.2. The van der Waals surface area contributed by atoms with Crippen LogP contribution in [0.3, 0.4) is 0 Å². The van der Waals surface area contributed by atoms with Gasteiger partial charge in [0.25, 0.3) is 0 Å². The maximum Gasteiger partial charge on any atom is 0.124 e. The molecule has 2 aliphatic heterocycles. The summed E-state index contributed by atoms with van der Waals surface area (Å²) in [5, 5.41) is 0. The minimum absolute atomic E-state index is 0.0613. The lowest BCUT2D eigenvalue weighted by Crippen LogP contribution is -2.44. The van der Waals surface area contributed by atoms with Gasteiger partial charge in [-0.1, -0.05) is 13.3 Å². The molecule has 3 nitrogen and oxygen atoms in total. The number of aldehydes is 1. The Morgan fingerprint density at radius 2 is 2.05 bits per heavy atom. The molecule has 0 N–H and O–H groups in total. The number of carbonyl (C=O) groups is 1. The van der Waals surface area contributed by atoms with Gasteiger partial charge in [-0.05, 0) is 61.6 Å². The van der Waals surface area contributed by atoms with Gasteiger partial charge in [-0.25, -0.2) is 0 Å². The SMILES string of the molecule is CC(C=O)C(C1=C2C=COC=C2CC1)N1CCCCC1. The van der Waals surface area contributed by atoms with Gasteiger partial charge in [0.2, 0.25) is 0 Å². The molecule has 1 fully saturated rings. The monoisotopic (exact) mass is 273 g/mol. The van der Waals surface area contributed by atoms with E-state index in [9.17, 15) is 4.79 Å². The smallest absolute Gasteiger partial charge is 0.124 e. The van der Waals surface area contributed by atoms with E-state index in [1.165, 1.54) is 36.0 Å². The second-order valence-corrected chi connectivity index (χ2v) is 6.06. The van der Waals surface area contributed by atoms with Crippen LogP contribution in [0.25, 0.3) is 0 Å². The van der Waals surface area contributed by atoms with E-state index < -0.39 is 0 Å². The first-order valence-electron chi connectivity index (χ1n) is 7.75. The zero-order chi connectivity index (χ0) is 13.9. The predicted molar refractivity (Wildman–Crippen MR) is 79.0 cm³/mol. The average Bonchev–Trinajstić information content (AvgIpc) is 2.92. The van der Waals surface area contributed by atoms with Crippen molar-refractivity contribution < 1.29 is 9.53 Å². The van der Waals surface area contributed by atoms with E-state index in [1.807, 2.05) is 6.26 Å². The summed E-state index contributed by atoms with van der Waals surface area (Å²) < 4.78 is 5.28. The molecule has 3 heteroatoms. The molecule has 3 aliphatic rings. The fourth-order valence-corrected chi connectivity index (χ4v) is 3.76.